The largest absolute Gasteiger partial charge is 0.395 e. The lowest BCUT2D eigenvalue weighted by Crippen LogP contribution is -2.62. The maximum atomic E-state index is 11.6. The first-order chi connectivity index (χ1) is 16.8. The van der Waals surface area contributed by atoms with Gasteiger partial charge in [0.1, 0.15) is 17.9 Å². The Kier molecular flexibility index (Phi) is 10.7. The smallest absolute Gasteiger partial charge is 0.292 e. The predicted octanol–water partition coefficient (Wildman–Crippen LogP) is 0.0737. The van der Waals surface area contributed by atoms with Gasteiger partial charge in [-0.15, -0.1) is 0 Å². The molecule has 11 heteroatoms. The van der Waals surface area contributed by atoms with Crippen molar-refractivity contribution in [1.29, 1.82) is 0 Å². The highest BCUT2D eigenvalue weighted by Crippen LogP contribution is 2.26. The number of hydrogen-bond donors (Lipinski definition) is 5. The molecule has 2 heterocycles. The van der Waals surface area contributed by atoms with Crippen LogP contribution < -0.4 is 5.32 Å². The summed E-state index contributed by atoms with van der Waals surface area (Å²) in [5, 5.41) is 54.1. The second-order valence-corrected chi connectivity index (χ2v) is 9.82. The molecule has 0 aromatic heterocycles. The maximum Gasteiger partial charge on any atom is 0.292 e. The molecule has 3 unspecified atom stereocenters. The Morgan fingerprint density at radius 2 is 1.77 bits per heavy atom. The van der Waals surface area contributed by atoms with Crippen molar-refractivity contribution in [3.63, 3.8) is 0 Å². The van der Waals surface area contributed by atoms with E-state index < -0.39 is 24.4 Å². The van der Waals surface area contributed by atoms with E-state index in [-0.39, 0.29) is 23.8 Å². The number of likely N-dealkylation sites (tertiary alicyclic amines) is 1. The highest BCUT2D eigenvalue weighted by atomic mass is 16.6. The van der Waals surface area contributed by atoms with Crippen LogP contribution in [0.15, 0.2) is 18.2 Å². The Hall–Kier alpha value is -1.86. The molecule has 4 atom stereocenters. The zero-order chi connectivity index (χ0) is 25.4. The number of nitro benzene ring substituents is 1. The van der Waals surface area contributed by atoms with Gasteiger partial charge in [-0.3, -0.25) is 19.9 Å². The molecule has 0 spiro atoms. The molecule has 2 fully saturated rings. The van der Waals surface area contributed by atoms with Gasteiger partial charge >= 0.3 is 0 Å². The fraction of sp³-hybridized carbons (Fsp3) is 0.750. The second-order valence-electron chi connectivity index (χ2n) is 9.82. The molecule has 198 valence electrons. The van der Waals surface area contributed by atoms with E-state index in [0.717, 1.165) is 64.0 Å². The number of likely N-dealkylation sites (N-methyl/N-ethyl adjacent to an activating group) is 1. The molecule has 1 aromatic rings. The average Bonchev–Trinajstić information content (AvgIpc) is 2.84. The lowest BCUT2D eigenvalue weighted by Gasteiger charge is -2.43. The fourth-order valence-electron chi connectivity index (χ4n) is 4.89. The Morgan fingerprint density at radius 3 is 2.46 bits per heavy atom. The van der Waals surface area contributed by atoms with Crippen molar-refractivity contribution in [2.24, 2.45) is 0 Å². The summed E-state index contributed by atoms with van der Waals surface area (Å²) >= 11 is 0. The van der Waals surface area contributed by atoms with Crippen molar-refractivity contribution in [1.82, 2.24) is 14.7 Å². The number of benzene rings is 1. The third kappa shape index (κ3) is 7.81. The zero-order valence-electron chi connectivity index (χ0n) is 20.6. The number of nitrogens with one attached hydrogen (secondary N) is 1. The number of aliphatic hydroxyl groups excluding tert-OH is 4. The van der Waals surface area contributed by atoms with Gasteiger partial charge in [0.15, 0.2) is 0 Å². The van der Waals surface area contributed by atoms with E-state index in [0.29, 0.717) is 18.8 Å². The first-order valence-corrected chi connectivity index (χ1v) is 12.6. The van der Waals surface area contributed by atoms with Gasteiger partial charge in [-0.05, 0) is 38.1 Å². The van der Waals surface area contributed by atoms with Crippen molar-refractivity contribution in [2.45, 2.75) is 56.6 Å². The van der Waals surface area contributed by atoms with Crippen LogP contribution in [0.25, 0.3) is 0 Å². The summed E-state index contributed by atoms with van der Waals surface area (Å²) in [4.78, 5) is 17.7. The van der Waals surface area contributed by atoms with Crippen molar-refractivity contribution in [3.8, 4) is 0 Å². The van der Waals surface area contributed by atoms with Crippen molar-refractivity contribution in [2.75, 3.05) is 64.8 Å². The first-order valence-electron chi connectivity index (χ1n) is 12.6. The van der Waals surface area contributed by atoms with Crippen molar-refractivity contribution < 1.29 is 25.3 Å². The highest BCUT2D eigenvalue weighted by Gasteiger charge is 2.40. The lowest BCUT2D eigenvalue weighted by molar-refractivity contribution is -0.384. The van der Waals surface area contributed by atoms with Crippen LogP contribution in [-0.4, -0.2) is 124 Å². The third-order valence-corrected chi connectivity index (χ3v) is 7.16. The number of nitrogens with zero attached hydrogens (tertiary/aromatic N) is 4. The Balaban J connectivity index is 1.38. The molecule has 2 aliphatic heterocycles. The van der Waals surface area contributed by atoms with Gasteiger partial charge in [0.05, 0.1) is 23.7 Å². The molecule has 3 rings (SSSR count). The summed E-state index contributed by atoms with van der Waals surface area (Å²) in [5.41, 5.74) is 1.60. The Morgan fingerprint density at radius 1 is 1.06 bits per heavy atom. The molecule has 1 aromatic carbocycles. The SMILES string of the molecule is CN1CCN(Cc2ccc(NCCCCCCN3CC(O)[C@H](O)C(O)C3CO)c([N+](=O)[O-])c2)CC1. The van der Waals surface area contributed by atoms with E-state index >= 15 is 0 Å². The van der Waals surface area contributed by atoms with Gasteiger partial charge in [0.2, 0.25) is 0 Å². The van der Waals surface area contributed by atoms with E-state index in [2.05, 4.69) is 22.2 Å². The number of β-amino-alcohol motifs (C(OH)–C–C–N with tert-alkyl or cyclic N) is 1. The zero-order valence-corrected chi connectivity index (χ0v) is 20.6. The lowest BCUT2D eigenvalue weighted by atomic mass is 9.94. The minimum Gasteiger partial charge on any atom is -0.395 e. The number of aliphatic hydroxyl groups is 4. The molecule has 0 bridgehead atoms. The number of rotatable bonds is 12. The topological polar surface area (TPSA) is 146 Å². The van der Waals surface area contributed by atoms with Crippen LogP contribution in [0.2, 0.25) is 0 Å². The molecular formula is C24H41N5O6. The number of piperazine rings is 1. The summed E-state index contributed by atoms with van der Waals surface area (Å²) in [6, 6.07) is 4.87. The monoisotopic (exact) mass is 495 g/mol. The van der Waals surface area contributed by atoms with Crippen LogP contribution in [0, 0.1) is 10.1 Å². The fourth-order valence-corrected chi connectivity index (χ4v) is 4.89. The molecule has 11 nitrogen and oxygen atoms in total. The van der Waals surface area contributed by atoms with E-state index in [1.165, 1.54) is 0 Å². The molecule has 0 radical (unpaired) electrons. The van der Waals surface area contributed by atoms with E-state index in [1.807, 2.05) is 11.0 Å². The van der Waals surface area contributed by atoms with Gasteiger partial charge in [0, 0.05) is 51.9 Å². The van der Waals surface area contributed by atoms with Crippen molar-refractivity contribution >= 4 is 11.4 Å². The van der Waals surface area contributed by atoms with Crippen LogP contribution in [0.3, 0.4) is 0 Å². The Bertz CT molecular complexity index is 807. The summed E-state index contributed by atoms with van der Waals surface area (Å²) in [7, 11) is 2.10. The highest BCUT2D eigenvalue weighted by molar-refractivity contribution is 5.62. The van der Waals surface area contributed by atoms with Crippen LogP contribution in [-0.2, 0) is 6.54 Å². The van der Waals surface area contributed by atoms with E-state index in [9.17, 15) is 30.5 Å². The molecule has 0 amide bonds. The van der Waals surface area contributed by atoms with Crippen LogP contribution in [0.1, 0.15) is 31.2 Å². The second kappa shape index (κ2) is 13.4. The molecule has 35 heavy (non-hydrogen) atoms. The van der Waals surface area contributed by atoms with Gasteiger partial charge < -0.3 is 30.6 Å². The molecule has 5 N–H and O–H groups in total. The number of nitro groups is 1. The number of anilines is 1. The molecule has 2 saturated heterocycles. The van der Waals surface area contributed by atoms with E-state index in [1.54, 1.807) is 12.1 Å². The normalized spacial score (nSPS) is 26.7. The summed E-state index contributed by atoms with van der Waals surface area (Å²) in [5.74, 6) is 0. The van der Waals surface area contributed by atoms with Crippen LogP contribution in [0.4, 0.5) is 11.4 Å². The number of unbranched alkanes of at least 4 members (excludes halogenated alkanes) is 3. The van der Waals surface area contributed by atoms with E-state index in [4.69, 9.17) is 0 Å². The van der Waals surface area contributed by atoms with Gasteiger partial charge in [-0.2, -0.15) is 0 Å². The van der Waals surface area contributed by atoms with Crippen molar-refractivity contribution in [3.05, 3.63) is 33.9 Å². The minimum absolute atomic E-state index is 0.107. The number of hydrogen-bond acceptors (Lipinski definition) is 10. The summed E-state index contributed by atoms with van der Waals surface area (Å²) in [6.45, 7) is 5.85. The molecule has 0 saturated carbocycles. The third-order valence-electron chi connectivity index (χ3n) is 7.16. The first kappa shape index (κ1) is 27.7. The van der Waals surface area contributed by atoms with Gasteiger partial charge in [-0.1, -0.05) is 18.9 Å². The van der Waals surface area contributed by atoms with Gasteiger partial charge in [-0.25, -0.2) is 0 Å². The Labute approximate surface area is 207 Å². The quantitative estimate of drug-likeness (QED) is 0.153. The predicted molar refractivity (Wildman–Crippen MR) is 133 cm³/mol. The van der Waals surface area contributed by atoms with Crippen LogP contribution in [0.5, 0.6) is 0 Å². The standard InChI is InChI=1S/C24H41N5O6/c1-26-10-12-27(13-11-26)15-18-6-7-19(20(14-18)29(34)35)25-8-4-2-3-5-9-28-16-22(31)24(33)23(32)21(28)17-30/h6-7,14,21-25,30-33H,2-5,8-13,15-17H2,1H3/t21?,22?,23?,24-/m0/s1. The summed E-state index contributed by atoms with van der Waals surface area (Å²) in [6.07, 6.45) is 0.0859. The average molecular weight is 496 g/mol. The molecule has 2 aliphatic rings. The molecule has 0 aliphatic carbocycles. The molecular weight excluding hydrogens is 454 g/mol. The maximum absolute atomic E-state index is 11.6. The number of piperidine rings is 1. The minimum atomic E-state index is -1.24. The van der Waals surface area contributed by atoms with Gasteiger partial charge in [0.25, 0.3) is 5.69 Å². The summed E-state index contributed by atoms with van der Waals surface area (Å²) < 4.78 is 0. The van der Waals surface area contributed by atoms with Crippen LogP contribution >= 0.6 is 0 Å².